The molecule has 0 aliphatic heterocycles. The highest BCUT2D eigenvalue weighted by atomic mass is 35.5. The number of nitrogens with zero attached hydrogens (tertiary/aromatic N) is 4. The normalized spacial score (nSPS) is 11.1. The number of aryl methyl sites for hydroxylation is 1. The molecule has 3 aromatic rings. The number of hydrogen-bond donors (Lipinski definition) is 0. The van der Waals surface area contributed by atoms with Crippen molar-refractivity contribution in [1.82, 2.24) is 14.8 Å². The third-order valence-corrected chi connectivity index (χ3v) is 2.82. The van der Waals surface area contributed by atoms with E-state index in [1.807, 2.05) is 6.92 Å². The lowest BCUT2D eigenvalue weighted by Crippen LogP contribution is -1.93. The second-order valence-electron chi connectivity index (χ2n) is 3.97. The van der Waals surface area contributed by atoms with E-state index in [1.165, 1.54) is 10.9 Å². The molecule has 0 saturated carbocycles. The van der Waals surface area contributed by atoms with Gasteiger partial charge >= 0.3 is 11.7 Å². The van der Waals surface area contributed by atoms with Crippen LogP contribution in [0.25, 0.3) is 17.1 Å². The van der Waals surface area contributed by atoms with Crippen LogP contribution in [0.3, 0.4) is 0 Å². The van der Waals surface area contributed by atoms with Gasteiger partial charge in [0.2, 0.25) is 0 Å². The lowest BCUT2D eigenvalue weighted by molar-refractivity contribution is -0.384. The van der Waals surface area contributed by atoms with Crippen LogP contribution in [-0.2, 0) is 0 Å². The number of fused-ring (bicyclic) bond motifs is 1. The highest BCUT2D eigenvalue weighted by Crippen LogP contribution is 2.25. The molecule has 0 aliphatic rings. The highest BCUT2D eigenvalue weighted by Gasteiger charge is 2.15. The average Bonchev–Trinajstić information content (AvgIpc) is 2.92. The fourth-order valence-corrected chi connectivity index (χ4v) is 2.02. The van der Waals surface area contributed by atoms with Gasteiger partial charge in [-0.3, -0.25) is 10.1 Å². The third-order valence-electron chi connectivity index (χ3n) is 2.61. The van der Waals surface area contributed by atoms with Crippen molar-refractivity contribution in [2.24, 2.45) is 0 Å². The summed E-state index contributed by atoms with van der Waals surface area (Å²) in [6.07, 6.45) is 2.37. The molecular formula is C11H7ClN4O3. The fourth-order valence-electron chi connectivity index (χ4n) is 1.76. The van der Waals surface area contributed by atoms with Crippen LogP contribution < -0.4 is 0 Å². The topological polar surface area (TPSA) is 87.0 Å². The van der Waals surface area contributed by atoms with Gasteiger partial charge in [0, 0.05) is 5.02 Å². The van der Waals surface area contributed by atoms with E-state index in [-0.39, 0.29) is 11.7 Å². The molecule has 1 aromatic carbocycles. The number of halogens is 1. The maximum atomic E-state index is 10.6. The van der Waals surface area contributed by atoms with Crippen molar-refractivity contribution < 1.29 is 9.34 Å². The van der Waals surface area contributed by atoms with Crippen molar-refractivity contribution in [3.8, 4) is 6.01 Å². The molecule has 0 bridgehead atoms. The number of oxazole rings is 1. The van der Waals surface area contributed by atoms with Gasteiger partial charge in [0.15, 0.2) is 5.58 Å². The Bertz CT molecular complexity index is 792. The van der Waals surface area contributed by atoms with Crippen LogP contribution in [0.4, 0.5) is 5.69 Å². The van der Waals surface area contributed by atoms with E-state index in [2.05, 4.69) is 10.1 Å². The van der Waals surface area contributed by atoms with E-state index in [1.54, 1.807) is 12.1 Å². The molecule has 0 radical (unpaired) electrons. The minimum Gasteiger partial charge on any atom is -0.422 e. The zero-order chi connectivity index (χ0) is 13.6. The average molecular weight is 279 g/mol. The van der Waals surface area contributed by atoms with Crippen molar-refractivity contribution in [3.05, 3.63) is 45.2 Å². The maximum Gasteiger partial charge on any atom is 0.324 e. The minimum atomic E-state index is -0.533. The van der Waals surface area contributed by atoms with Gasteiger partial charge in [-0.2, -0.15) is 14.8 Å². The first-order chi connectivity index (χ1) is 9.04. The number of benzene rings is 1. The second kappa shape index (κ2) is 4.06. The Labute approximate surface area is 111 Å². The van der Waals surface area contributed by atoms with Gasteiger partial charge in [-0.25, -0.2) is 0 Å². The molecule has 7 nitrogen and oxygen atoms in total. The maximum absolute atomic E-state index is 10.6. The molecule has 0 saturated heterocycles. The summed E-state index contributed by atoms with van der Waals surface area (Å²) in [6, 6.07) is 3.58. The number of aromatic nitrogens is 3. The van der Waals surface area contributed by atoms with Crippen molar-refractivity contribution in [2.45, 2.75) is 6.92 Å². The molecule has 2 heterocycles. The largest absolute Gasteiger partial charge is 0.422 e. The summed E-state index contributed by atoms with van der Waals surface area (Å²) < 4.78 is 6.75. The van der Waals surface area contributed by atoms with Gasteiger partial charge in [0.05, 0.1) is 4.92 Å². The van der Waals surface area contributed by atoms with Crippen LogP contribution in [0.2, 0.25) is 5.02 Å². The first-order valence-electron chi connectivity index (χ1n) is 5.31. The Hall–Kier alpha value is -2.41. The zero-order valence-corrected chi connectivity index (χ0v) is 10.5. The lowest BCUT2D eigenvalue weighted by Gasteiger charge is -1.93. The Morgan fingerprint density at radius 2 is 2.26 bits per heavy atom. The molecular weight excluding hydrogens is 272 g/mol. The summed E-state index contributed by atoms with van der Waals surface area (Å²) in [6.45, 7) is 1.84. The van der Waals surface area contributed by atoms with Crippen molar-refractivity contribution in [2.75, 3.05) is 0 Å². The standard InChI is InChI=1S/C11H7ClN4O3/c1-6-2-7(12)3-9-10(6)19-11(14-9)15-5-8(4-13-15)16(17)18/h2-5H,1H3. The molecule has 2 aromatic heterocycles. The van der Waals surface area contributed by atoms with E-state index < -0.39 is 4.92 Å². The summed E-state index contributed by atoms with van der Waals surface area (Å²) in [7, 11) is 0. The summed E-state index contributed by atoms with van der Waals surface area (Å²) >= 11 is 5.93. The summed E-state index contributed by atoms with van der Waals surface area (Å²) in [5.41, 5.74) is 1.87. The lowest BCUT2D eigenvalue weighted by atomic mass is 10.2. The summed E-state index contributed by atoms with van der Waals surface area (Å²) in [4.78, 5) is 14.3. The molecule has 19 heavy (non-hydrogen) atoms. The monoisotopic (exact) mass is 278 g/mol. The molecule has 0 aliphatic carbocycles. The SMILES string of the molecule is Cc1cc(Cl)cc2nc(-n3cc([N+](=O)[O-])cn3)oc12. The van der Waals surface area contributed by atoms with Gasteiger partial charge in [-0.1, -0.05) is 11.6 Å². The molecule has 8 heteroatoms. The molecule has 3 rings (SSSR count). The zero-order valence-electron chi connectivity index (χ0n) is 9.70. The van der Waals surface area contributed by atoms with Crippen molar-refractivity contribution in [1.29, 1.82) is 0 Å². The summed E-state index contributed by atoms with van der Waals surface area (Å²) in [5.74, 6) is 0. The molecule has 0 unspecified atom stereocenters. The first-order valence-corrected chi connectivity index (χ1v) is 5.68. The van der Waals surface area contributed by atoms with Crippen LogP contribution in [0.15, 0.2) is 28.9 Å². The Kier molecular flexibility index (Phi) is 2.49. The van der Waals surface area contributed by atoms with Crippen LogP contribution in [-0.4, -0.2) is 19.7 Å². The van der Waals surface area contributed by atoms with E-state index >= 15 is 0 Å². The van der Waals surface area contributed by atoms with Gasteiger partial charge in [0.25, 0.3) is 0 Å². The number of rotatable bonds is 2. The highest BCUT2D eigenvalue weighted by molar-refractivity contribution is 6.31. The van der Waals surface area contributed by atoms with E-state index in [9.17, 15) is 10.1 Å². The number of nitro groups is 1. The van der Waals surface area contributed by atoms with Crippen LogP contribution >= 0.6 is 11.6 Å². The van der Waals surface area contributed by atoms with Crippen LogP contribution in [0.5, 0.6) is 0 Å². The van der Waals surface area contributed by atoms with E-state index in [0.717, 1.165) is 11.8 Å². The Balaban J connectivity index is 2.14. The Morgan fingerprint density at radius 1 is 1.47 bits per heavy atom. The summed E-state index contributed by atoms with van der Waals surface area (Å²) in [5, 5.41) is 15.0. The smallest absolute Gasteiger partial charge is 0.324 e. The van der Waals surface area contributed by atoms with Crippen LogP contribution in [0, 0.1) is 17.0 Å². The molecule has 0 fully saturated rings. The number of hydrogen-bond acceptors (Lipinski definition) is 5. The van der Waals surface area contributed by atoms with Gasteiger partial charge in [-0.05, 0) is 24.6 Å². The minimum absolute atomic E-state index is 0.128. The van der Waals surface area contributed by atoms with Crippen molar-refractivity contribution in [3.63, 3.8) is 0 Å². The van der Waals surface area contributed by atoms with Gasteiger partial charge in [-0.15, -0.1) is 0 Å². The predicted octanol–water partition coefficient (Wildman–Crippen LogP) is 2.88. The second-order valence-corrected chi connectivity index (χ2v) is 4.40. The third kappa shape index (κ3) is 1.93. The quantitative estimate of drug-likeness (QED) is 0.531. The van der Waals surface area contributed by atoms with E-state index in [0.29, 0.717) is 16.1 Å². The molecule has 0 N–H and O–H groups in total. The molecule has 96 valence electrons. The van der Waals surface area contributed by atoms with Crippen LogP contribution in [0.1, 0.15) is 5.56 Å². The van der Waals surface area contributed by atoms with E-state index in [4.69, 9.17) is 16.0 Å². The molecule has 0 atom stereocenters. The van der Waals surface area contributed by atoms with Crippen molar-refractivity contribution >= 4 is 28.4 Å². The predicted molar refractivity (Wildman–Crippen MR) is 67.5 cm³/mol. The fraction of sp³-hybridized carbons (Fsp3) is 0.0909. The molecule has 0 amide bonds. The first kappa shape index (κ1) is 11.7. The van der Waals surface area contributed by atoms with Gasteiger partial charge < -0.3 is 4.42 Å². The Morgan fingerprint density at radius 3 is 2.95 bits per heavy atom. The molecule has 0 spiro atoms. The van der Waals surface area contributed by atoms with Gasteiger partial charge in [0.1, 0.15) is 17.9 Å².